The number of carbonyl (C=O) groups is 1. The van der Waals surface area contributed by atoms with Crippen LogP contribution in [0.5, 0.6) is 5.75 Å². The molecule has 0 saturated carbocycles. The van der Waals surface area contributed by atoms with Crippen LogP contribution < -0.4 is 4.74 Å². The van der Waals surface area contributed by atoms with Crippen LogP contribution in [0.4, 0.5) is 5.69 Å². The molecule has 6 heteroatoms. The van der Waals surface area contributed by atoms with E-state index in [0.29, 0.717) is 0 Å². The molecule has 96 valence electrons. The van der Waals surface area contributed by atoms with Gasteiger partial charge in [-0.1, -0.05) is 12.1 Å². The van der Waals surface area contributed by atoms with Gasteiger partial charge in [0.1, 0.15) is 5.75 Å². The van der Waals surface area contributed by atoms with Crippen molar-refractivity contribution in [3.8, 4) is 5.75 Å². The number of hydrogen-bond acceptors (Lipinski definition) is 5. The largest absolute Gasteiger partial charge is 0.423 e. The van der Waals surface area contributed by atoms with Crippen LogP contribution in [0.1, 0.15) is 4.88 Å². The van der Waals surface area contributed by atoms with Crippen molar-refractivity contribution in [1.82, 2.24) is 0 Å². The Labute approximate surface area is 112 Å². The summed E-state index contributed by atoms with van der Waals surface area (Å²) in [5, 5.41) is 12.5. The predicted octanol–water partition coefficient (Wildman–Crippen LogP) is 3.28. The number of rotatable bonds is 4. The molecular weight excluding hydrogens is 266 g/mol. The predicted molar refractivity (Wildman–Crippen MR) is 72.1 cm³/mol. The van der Waals surface area contributed by atoms with Crippen LogP contribution in [0.25, 0.3) is 6.08 Å². The lowest BCUT2D eigenvalue weighted by Gasteiger charge is -2.00. The summed E-state index contributed by atoms with van der Waals surface area (Å²) in [5.41, 5.74) is -0.118. The molecule has 0 bridgehead atoms. The van der Waals surface area contributed by atoms with Gasteiger partial charge in [0.05, 0.1) is 11.0 Å². The smallest absolute Gasteiger partial charge is 0.336 e. The molecule has 2 aromatic rings. The third-order valence-electron chi connectivity index (χ3n) is 2.17. The lowest BCUT2D eigenvalue weighted by Crippen LogP contribution is -2.03. The quantitative estimate of drug-likeness (QED) is 0.282. The number of hydrogen-bond donors (Lipinski definition) is 0. The highest BCUT2D eigenvalue weighted by molar-refractivity contribution is 7.10. The Balaban J connectivity index is 2.03. The third-order valence-corrected chi connectivity index (χ3v) is 3.01. The molecule has 0 aliphatic rings. The molecule has 0 unspecified atom stereocenters. The van der Waals surface area contributed by atoms with E-state index in [1.165, 1.54) is 41.7 Å². The summed E-state index contributed by atoms with van der Waals surface area (Å²) in [5.74, 6) is -0.427. The lowest BCUT2D eigenvalue weighted by atomic mass is 10.3. The summed E-state index contributed by atoms with van der Waals surface area (Å²) in [6.07, 6.45) is 2.91. The first-order chi connectivity index (χ1) is 9.15. The van der Waals surface area contributed by atoms with Gasteiger partial charge in [-0.05, 0) is 23.6 Å². The van der Waals surface area contributed by atoms with Gasteiger partial charge in [0.15, 0.2) is 0 Å². The van der Waals surface area contributed by atoms with E-state index in [1.807, 2.05) is 17.5 Å². The van der Waals surface area contributed by atoms with Crippen molar-refractivity contribution in [3.63, 3.8) is 0 Å². The van der Waals surface area contributed by atoms with Crippen LogP contribution in [0.3, 0.4) is 0 Å². The van der Waals surface area contributed by atoms with Gasteiger partial charge in [-0.15, -0.1) is 11.3 Å². The van der Waals surface area contributed by atoms with Crippen molar-refractivity contribution in [3.05, 3.63) is 62.8 Å². The number of non-ortho nitro benzene ring substituents is 1. The molecular formula is C13H9NO4S. The Morgan fingerprint density at radius 3 is 2.84 bits per heavy atom. The molecule has 1 heterocycles. The van der Waals surface area contributed by atoms with Crippen molar-refractivity contribution in [2.45, 2.75) is 0 Å². The van der Waals surface area contributed by atoms with Gasteiger partial charge in [-0.2, -0.15) is 0 Å². The van der Waals surface area contributed by atoms with E-state index in [-0.39, 0.29) is 11.4 Å². The number of nitrogens with zero attached hydrogens (tertiary/aromatic N) is 1. The SMILES string of the molecule is O=C(C=Cc1cccs1)Oc1cccc([N+](=O)[O-])c1. The molecule has 0 aliphatic carbocycles. The van der Waals surface area contributed by atoms with Gasteiger partial charge in [0, 0.05) is 17.0 Å². The normalized spacial score (nSPS) is 10.5. The molecule has 1 aromatic carbocycles. The molecule has 0 spiro atoms. The van der Waals surface area contributed by atoms with Gasteiger partial charge in [0.2, 0.25) is 0 Å². The van der Waals surface area contributed by atoms with Crippen LogP contribution >= 0.6 is 11.3 Å². The summed E-state index contributed by atoms with van der Waals surface area (Å²) in [4.78, 5) is 22.5. The number of nitro benzene ring substituents is 1. The van der Waals surface area contributed by atoms with Crippen molar-refractivity contribution in [2.24, 2.45) is 0 Å². The summed E-state index contributed by atoms with van der Waals surface area (Å²) in [6, 6.07) is 9.22. The highest BCUT2D eigenvalue weighted by atomic mass is 32.1. The second kappa shape index (κ2) is 5.92. The molecule has 0 amide bonds. The topological polar surface area (TPSA) is 69.4 Å². The first-order valence-electron chi connectivity index (χ1n) is 5.33. The van der Waals surface area contributed by atoms with Crippen LogP contribution in [0, 0.1) is 10.1 Å². The van der Waals surface area contributed by atoms with Gasteiger partial charge in [-0.25, -0.2) is 4.79 Å². The minimum Gasteiger partial charge on any atom is -0.423 e. The summed E-state index contributed by atoms with van der Waals surface area (Å²) < 4.78 is 4.98. The summed E-state index contributed by atoms with van der Waals surface area (Å²) in [6.45, 7) is 0. The van der Waals surface area contributed by atoms with E-state index >= 15 is 0 Å². The average Bonchev–Trinajstić information content (AvgIpc) is 2.90. The number of benzene rings is 1. The van der Waals surface area contributed by atoms with Gasteiger partial charge in [0.25, 0.3) is 5.69 Å². The molecule has 0 radical (unpaired) electrons. The highest BCUT2D eigenvalue weighted by Crippen LogP contribution is 2.19. The molecule has 0 atom stereocenters. The minimum absolute atomic E-state index is 0.118. The Bertz CT molecular complexity index is 619. The highest BCUT2D eigenvalue weighted by Gasteiger charge is 2.08. The van der Waals surface area contributed by atoms with Gasteiger partial charge >= 0.3 is 5.97 Å². The van der Waals surface area contributed by atoms with Crippen LogP contribution in [0.15, 0.2) is 47.9 Å². The van der Waals surface area contributed by atoms with E-state index in [0.717, 1.165) is 4.88 Å². The maximum atomic E-state index is 11.5. The van der Waals surface area contributed by atoms with E-state index in [4.69, 9.17) is 4.74 Å². The Kier molecular flexibility index (Phi) is 4.04. The zero-order valence-electron chi connectivity index (χ0n) is 9.68. The van der Waals surface area contributed by atoms with Crippen molar-refractivity contribution in [1.29, 1.82) is 0 Å². The monoisotopic (exact) mass is 275 g/mol. The zero-order chi connectivity index (χ0) is 13.7. The van der Waals surface area contributed by atoms with E-state index in [9.17, 15) is 14.9 Å². The Hall–Kier alpha value is -2.47. The maximum absolute atomic E-state index is 11.5. The fourth-order valence-electron chi connectivity index (χ4n) is 1.35. The molecule has 1 aromatic heterocycles. The number of thiophene rings is 1. The molecule has 2 rings (SSSR count). The van der Waals surface area contributed by atoms with Crippen LogP contribution in [-0.2, 0) is 4.79 Å². The van der Waals surface area contributed by atoms with Gasteiger partial charge in [-0.3, -0.25) is 10.1 Å². The molecule has 19 heavy (non-hydrogen) atoms. The zero-order valence-corrected chi connectivity index (χ0v) is 10.5. The number of nitro groups is 1. The third kappa shape index (κ3) is 3.75. The fourth-order valence-corrected chi connectivity index (χ4v) is 1.97. The molecule has 0 fully saturated rings. The fraction of sp³-hybridized carbons (Fsp3) is 0. The second-order valence-electron chi connectivity index (χ2n) is 3.52. The first-order valence-corrected chi connectivity index (χ1v) is 6.21. The molecule has 5 nitrogen and oxygen atoms in total. The van der Waals surface area contributed by atoms with Gasteiger partial charge < -0.3 is 4.74 Å². The Morgan fingerprint density at radius 2 is 2.16 bits per heavy atom. The number of ether oxygens (including phenoxy) is 1. The van der Waals surface area contributed by atoms with E-state index in [2.05, 4.69) is 0 Å². The van der Waals surface area contributed by atoms with Crippen molar-refractivity contribution >= 4 is 29.1 Å². The van der Waals surface area contributed by atoms with Crippen molar-refractivity contribution in [2.75, 3.05) is 0 Å². The van der Waals surface area contributed by atoms with Crippen molar-refractivity contribution < 1.29 is 14.5 Å². The second-order valence-corrected chi connectivity index (χ2v) is 4.50. The Morgan fingerprint density at radius 1 is 1.32 bits per heavy atom. The molecule has 0 aliphatic heterocycles. The van der Waals surface area contributed by atoms with Crippen LogP contribution in [0.2, 0.25) is 0 Å². The number of esters is 1. The van der Waals surface area contributed by atoms with E-state index in [1.54, 1.807) is 6.08 Å². The summed E-state index contributed by atoms with van der Waals surface area (Å²) in [7, 11) is 0. The first kappa shape index (κ1) is 13.0. The summed E-state index contributed by atoms with van der Waals surface area (Å²) >= 11 is 1.49. The average molecular weight is 275 g/mol. The molecule has 0 N–H and O–H groups in total. The standard InChI is InChI=1S/C13H9NO4S/c15-13(7-6-12-5-2-8-19-12)18-11-4-1-3-10(9-11)14(16)17/h1-9H. The maximum Gasteiger partial charge on any atom is 0.336 e. The lowest BCUT2D eigenvalue weighted by molar-refractivity contribution is -0.384. The van der Waals surface area contributed by atoms with E-state index < -0.39 is 10.9 Å². The molecule has 0 saturated heterocycles. The minimum atomic E-state index is -0.575. The number of carbonyl (C=O) groups excluding carboxylic acids is 1. The van der Waals surface area contributed by atoms with Crippen LogP contribution in [-0.4, -0.2) is 10.9 Å².